The third-order valence-corrected chi connectivity index (χ3v) is 5.12. The van der Waals surface area contributed by atoms with Gasteiger partial charge in [-0.15, -0.1) is 0 Å². The van der Waals surface area contributed by atoms with E-state index in [9.17, 15) is 9.59 Å². The second kappa shape index (κ2) is 15.9. The van der Waals surface area contributed by atoms with E-state index in [1.165, 1.54) is 25.7 Å². The minimum absolute atomic E-state index is 0.271. The molecule has 0 bridgehead atoms. The number of esters is 2. The third kappa shape index (κ3) is 13.4. The molecule has 0 fully saturated rings. The van der Waals surface area contributed by atoms with Crippen molar-refractivity contribution in [3.63, 3.8) is 0 Å². The maximum atomic E-state index is 12.1. The highest BCUT2D eigenvalue weighted by Gasteiger charge is 2.13. The summed E-state index contributed by atoms with van der Waals surface area (Å²) in [5, 5.41) is 0. The summed E-state index contributed by atoms with van der Waals surface area (Å²) in [6, 6.07) is 6.91. The summed E-state index contributed by atoms with van der Waals surface area (Å²) in [4.78, 5) is 24.3. The molecule has 0 heterocycles. The van der Waals surface area contributed by atoms with Crippen LogP contribution in [0.4, 0.5) is 0 Å². The Morgan fingerprint density at radius 2 is 1.00 bits per heavy atom. The van der Waals surface area contributed by atoms with Gasteiger partial charge in [-0.25, -0.2) is 0 Å². The number of carbonyl (C=O) groups excluding carboxylic acids is 2. The van der Waals surface area contributed by atoms with Crippen LogP contribution >= 0.6 is 0 Å². The first-order valence-electron chi connectivity index (χ1n) is 11.9. The van der Waals surface area contributed by atoms with E-state index in [2.05, 4.69) is 27.7 Å². The molecular weight excluding hydrogens is 376 g/mol. The van der Waals surface area contributed by atoms with Gasteiger partial charge in [-0.05, 0) is 36.8 Å². The number of rotatable bonds is 16. The largest absolute Gasteiger partial charge is 0.423 e. The molecule has 0 radical (unpaired) electrons. The van der Waals surface area contributed by atoms with Gasteiger partial charge in [-0.1, -0.05) is 91.2 Å². The summed E-state index contributed by atoms with van der Waals surface area (Å²) in [6.07, 6.45) is 11.7. The van der Waals surface area contributed by atoms with Crippen LogP contribution < -0.4 is 9.47 Å². The first kappa shape index (κ1) is 26.2. The van der Waals surface area contributed by atoms with E-state index in [1.54, 1.807) is 24.3 Å². The van der Waals surface area contributed by atoms with Gasteiger partial charge in [-0.2, -0.15) is 0 Å². The molecule has 0 unspecified atom stereocenters. The van der Waals surface area contributed by atoms with Crippen LogP contribution in [-0.4, -0.2) is 11.9 Å². The van der Waals surface area contributed by atoms with Gasteiger partial charge in [0.1, 0.15) is 0 Å². The van der Waals surface area contributed by atoms with Crippen molar-refractivity contribution in [1.82, 2.24) is 0 Å². The molecule has 30 heavy (non-hydrogen) atoms. The number of carbonyl (C=O) groups is 2. The first-order chi connectivity index (χ1) is 14.4. The molecule has 0 aromatic heterocycles. The van der Waals surface area contributed by atoms with Crippen molar-refractivity contribution in [2.45, 2.75) is 105 Å². The Kier molecular flexibility index (Phi) is 13.9. The van der Waals surface area contributed by atoms with Crippen molar-refractivity contribution < 1.29 is 19.1 Å². The Morgan fingerprint density at radius 3 is 1.37 bits per heavy atom. The summed E-state index contributed by atoms with van der Waals surface area (Å²) in [6.45, 7) is 8.93. The van der Waals surface area contributed by atoms with E-state index in [-0.39, 0.29) is 11.9 Å². The molecule has 1 aromatic carbocycles. The molecule has 1 rings (SSSR count). The molecule has 0 aliphatic carbocycles. The van der Waals surface area contributed by atoms with Crippen LogP contribution in [0.25, 0.3) is 0 Å². The highest BCUT2D eigenvalue weighted by molar-refractivity contribution is 5.76. The lowest BCUT2D eigenvalue weighted by Crippen LogP contribution is -2.12. The maximum absolute atomic E-state index is 12.1. The van der Waals surface area contributed by atoms with Crippen LogP contribution in [0.1, 0.15) is 105 Å². The van der Waals surface area contributed by atoms with Gasteiger partial charge in [0.2, 0.25) is 0 Å². The maximum Gasteiger partial charge on any atom is 0.311 e. The molecule has 4 nitrogen and oxygen atoms in total. The standard InChI is InChI=1S/C26H42O4/c1-21(2)15-9-5-7-11-19-25(27)29-23-17-13-14-18-24(23)30-26(28)20-12-8-6-10-16-22(3)4/h13-14,17-18,21-22H,5-12,15-16,19-20H2,1-4H3. The molecule has 0 atom stereocenters. The second-order valence-corrected chi connectivity index (χ2v) is 9.09. The third-order valence-electron chi connectivity index (χ3n) is 5.12. The number of hydrogen-bond donors (Lipinski definition) is 0. The lowest BCUT2D eigenvalue weighted by Gasteiger charge is -2.10. The van der Waals surface area contributed by atoms with Crippen molar-refractivity contribution in [3.8, 4) is 11.5 Å². The van der Waals surface area contributed by atoms with E-state index in [1.807, 2.05) is 0 Å². The SMILES string of the molecule is CC(C)CCCCCCC(=O)Oc1ccccc1OC(=O)CCCCCCC(C)C. The normalized spacial score (nSPS) is 11.1. The van der Waals surface area contributed by atoms with Crippen molar-refractivity contribution in [2.75, 3.05) is 0 Å². The van der Waals surface area contributed by atoms with Crippen molar-refractivity contribution >= 4 is 11.9 Å². The van der Waals surface area contributed by atoms with E-state index in [0.29, 0.717) is 24.3 Å². The fourth-order valence-corrected chi connectivity index (χ4v) is 3.32. The lowest BCUT2D eigenvalue weighted by molar-refractivity contribution is -0.137. The quantitative estimate of drug-likeness (QED) is 0.158. The minimum atomic E-state index is -0.271. The average Bonchev–Trinajstić information content (AvgIpc) is 2.68. The Hall–Kier alpha value is -1.84. The highest BCUT2D eigenvalue weighted by Crippen LogP contribution is 2.27. The first-order valence-corrected chi connectivity index (χ1v) is 11.9. The lowest BCUT2D eigenvalue weighted by atomic mass is 10.0. The van der Waals surface area contributed by atoms with Gasteiger partial charge >= 0.3 is 11.9 Å². The van der Waals surface area contributed by atoms with Crippen LogP contribution in [0, 0.1) is 11.8 Å². The summed E-state index contributed by atoms with van der Waals surface area (Å²) in [7, 11) is 0. The molecule has 0 aliphatic rings. The topological polar surface area (TPSA) is 52.6 Å². The van der Waals surface area contributed by atoms with Crippen LogP contribution in [0.3, 0.4) is 0 Å². The number of ether oxygens (including phenoxy) is 2. The Bertz CT molecular complexity index is 554. The molecule has 1 aromatic rings. The van der Waals surface area contributed by atoms with Crippen molar-refractivity contribution in [1.29, 1.82) is 0 Å². The molecule has 170 valence electrons. The van der Waals surface area contributed by atoms with Crippen molar-refractivity contribution in [2.24, 2.45) is 11.8 Å². The highest BCUT2D eigenvalue weighted by atomic mass is 16.6. The summed E-state index contributed by atoms with van der Waals surface area (Å²) in [5.41, 5.74) is 0. The van der Waals surface area contributed by atoms with Gasteiger partial charge < -0.3 is 9.47 Å². The second-order valence-electron chi connectivity index (χ2n) is 9.09. The zero-order valence-electron chi connectivity index (χ0n) is 19.6. The smallest absolute Gasteiger partial charge is 0.311 e. The van der Waals surface area contributed by atoms with Crippen LogP contribution in [-0.2, 0) is 9.59 Å². The molecule has 0 saturated heterocycles. The zero-order valence-corrected chi connectivity index (χ0v) is 19.6. The zero-order chi connectivity index (χ0) is 22.2. The van der Waals surface area contributed by atoms with E-state index in [0.717, 1.165) is 50.4 Å². The number of hydrogen-bond acceptors (Lipinski definition) is 4. The Labute approximate surface area is 183 Å². The number of unbranched alkanes of at least 4 members (excludes halogenated alkanes) is 6. The molecule has 0 amide bonds. The predicted molar refractivity (Wildman–Crippen MR) is 123 cm³/mol. The van der Waals surface area contributed by atoms with Gasteiger partial charge in [0.15, 0.2) is 11.5 Å². The molecule has 0 spiro atoms. The van der Waals surface area contributed by atoms with E-state index >= 15 is 0 Å². The van der Waals surface area contributed by atoms with Crippen LogP contribution in [0.2, 0.25) is 0 Å². The fourth-order valence-electron chi connectivity index (χ4n) is 3.32. The Morgan fingerprint density at radius 1 is 0.633 bits per heavy atom. The predicted octanol–water partition coefficient (Wildman–Crippen LogP) is 7.49. The minimum Gasteiger partial charge on any atom is -0.423 e. The summed E-state index contributed by atoms with van der Waals surface area (Å²) in [5.74, 6) is 1.58. The molecule has 0 saturated carbocycles. The fraction of sp³-hybridized carbons (Fsp3) is 0.692. The van der Waals surface area contributed by atoms with Gasteiger partial charge in [-0.3, -0.25) is 9.59 Å². The molecule has 0 N–H and O–H groups in total. The Balaban J connectivity index is 2.30. The van der Waals surface area contributed by atoms with Gasteiger partial charge in [0.05, 0.1) is 0 Å². The monoisotopic (exact) mass is 418 g/mol. The summed E-state index contributed by atoms with van der Waals surface area (Å²) < 4.78 is 10.9. The van der Waals surface area contributed by atoms with E-state index in [4.69, 9.17) is 9.47 Å². The molecule has 4 heteroatoms. The van der Waals surface area contributed by atoms with E-state index < -0.39 is 0 Å². The number of para-hydroxylation sites is 2. The average molecular weight is 419 g/mol. The van der Waals surface area contributed by atoms with Gasteiger partial charge in [0, 0.05) is 12.8 Å². The van der Waals surface area contributed by atoms with Crippen LogP contribution in [0.5, 0.6) is 11.5 Å². The summed E-state index contributed by atoms with van der Waals surface area (Å²) >= 11 is 0. The molecule has 0 aliphatic heterocycles. The number of benzene rings is 1. The van der Waals surface area contributed by atoms with Crippen LogP contribution in [0.15, 0.2) is 24.3 Å². The van der Waals surface area contributed by atoms with Crippen molar-refractivity contribution in [3.05, 3.63) is 24.3 Å². The van der Waals surface area contributed by atoms with Gasteiger partial charge in [0.25, 0.3) is 0 Å². The molecular formula is C26H42O4.